The highest BCUT2D eigenvalue weighted by atomic mass is 32.2. The molecule has 0 radical (unpaired) electrons. The van der Waals surface area contributed by atoms with Gasteiger partial charge in [-0.3, -0.25) is 4.98 Å². The van der Waals surface area contributed by atoms with Crippen molar-refractivity contribution < 1.29 is 18.6 Å². The number of sulfone groups is 1. The van der Waals surface area contributed by atoms with E-state index in [0.29, 0.717) is 30.1 Å². The second kappa shape index (κ2) is 9.60. The Labute approximate surface area is 232 Å². The van der Waals surface area contributed by atoms with Gasteiger partial charge in [-0.2, -0.15) is 4.98 Å². The summed E-state index contributed by atoms with van der Waals surface area (Å²) in [6.07, 6.45) is 4.22. The molecule has 0 amide bonds. The van der Waals surface area contributed by atoms with E-state index in [9.17, 15) is 18.6 Å². The van der Waals surface area contributed by atoms with Gasteiger partial charge < -0.3 is 20.8 Å². The molecule has 3 aliphatic carbocycles. The number of aliphatic hydroxyl groups is 2. The molecule has 39 heavy (non-hydrogen) atoms. The average molecular weight is 573 g/mol. The summed E-state index contributed by atoms with van der Waals surface area (Å²) in [6, 6.07) is 1.75. The Kier molecular flexibility index (Phi) is 6.60. The number of pyridine rings is 1. The monoisotopic (exact) mass is 572 g/mol. The fraction of sp³-hybridized carbons (Fsp3) is 0.630. The van der Waals surface area contributed by atoms with Gasteiger partial charge in [0.25, 0.3) is 0 Å². The first kappa shape index (κ1) is 26.8. The summed E-state index contributed by atoms with van der Waals surface area (Å²) in [5, 5.41) is 29.3. The fourth-order valence-electron chi connectivity index (χ4n) is 5.19. The summed E-state index contributed by atoms with van der Waals surface area (Å²) in [6.45, 7) is 6.89. The quantitative estimate of drug-likeness (QED) is 0.315. The van der Waals surface area contributed by atoms with E-state index >= 15 is 0 Å². The van der Waals surface area contributed by atoms with Gasteiger partial charge in [0.1, 0.15) is 22.4 Å². The highest BCUT2D eigenvalue weighted by Crippen LogP contribution is 2.45. The van der Waals surface area contributed by atoms with Crippen LogP contribution in [0.1, 0.15) is 70.2 Å². The number of hydrogen-bond acceptors (Lipinski definition) is 11. The van der Waals surface area contributed by atoms with E-state index in [1.807, 2.05) is 19.2 Å². The Morgan fingerprint density at radius 1 is 1.05 bits per heavy atom. The molecule has 3 aromatic rings. The second-order valence-corrected chi connectivity index (χ2v) is 16.1. The minimum atomic E-state index is -3.47. The van der Waals surface area contributed by atoms with Crippen LogP contribution in [0.15, 0.2) is 12.3 Å². The third-order valence-electron chi connectivity index (χ3n) is 8.00. The molecule has 0 aromatic carbocycles. The third kappa shape index (κ3) is 5.23. The lowest BCUT2D eigenvalue weighted by Crippen LogP contribution is -2.38. The van der Waals surface area contributed by atoms with Crippen molar-refractivity contribution in [2.24, 2.45) is 5.92 Å². The predicted octanol–water partition coefficient (Wildman–Crippen LogP) is 3.64. The highest BCUT2D eigenvalue weighted by Gasteiger charge is 2.45. The number of nitrogens with zero attached hydrogens (tertiary/aromatic N) is 4. The molecule has 0 spiro atoms. The van der Waals surface area contributed by atoms with Gasteiger partial charge in [-0.05, 0) is 65.9 Å². The van der Waals surface area contributed by atoms with E-state index in [2.05, 4.69) is 15.6 Å². The topological polar surface area (TPSA) is 150 Å². The Morgan fingerprint density at radius 3 is 2.46 bits per heavy atom. The molecule has 12 heteroatoms. The molecule has 3 saturated carbocycles. The first-order valence-electron chi connectivity index (χ1n) is 13.7. The largest absolute Gasteiger partial charge is 0.390 e. The smallest absolute Gasteiger partial charge is 0.225 e. The van der Waals surface area contributed by atoms with E-state index in [4.69, 9.17) is 15.0 Å². The van der Waals surface area contributed by atoms with Crippen molar-refractivity contribution in [1.29, 1.82) is 0 Å². The van der Waals surface area contributed by atoms with Gasteiger partial charge >= 0.3 is 0 Å². The summed E-state index contributed by atoms with van der Waals surface area (Å²) in [4.78, 5) is 19.1. The molecule has 4 atom stereocenters. The van der Waals surface area contributed by atoms with E-state index in [-0.39, 0.29) is 5.75 Å². The lowest BCUT2D eigenvalue weighted by Gasteiger charge is -2.23. The van der Waals surface area contributed by atoms with Gasteiger partial charge in [0, 0.05) is 24.1 Å². The Bertz CT molecular complexity index is 1510. The molecule has 4 N–H and O–H groups in total. The fourth-order valence-corrected chi connectivity index (χ4v) is 7.65. The van der Waals surface area contributed by atoms with Gasteiger partial charge in [0.2, 0.25) is 5.95 Å². The Morgan fingerprint density at radius 2 is 1.79 bits per heavy atom. The lowest BCUT2D eigenvalue weighted by atomic mass is 10.1. The first-order valence-corrected chi connectivity index (χ1v) is 16.1. The van der Waals surface area contributed by atoms with Crippen molar-refractivity contribution in [3.63, 3.8) is 0 Å². The van der Waals surface area contributed by atoms with Crippen molar-refractivity contribution in [2.45, 2.75) is 94.8 Å². The molecule has 0 unspecified atom stereocenters. The number of aliphatic hydroxyl groups excluding tert-OH is 2. The molecule has 3 aromatic heterocycles. The lowest BCUT2D eigenvalue weighted by molar-refractivity contribution is 0.0216. The highest BCUT2D eigenvalue weighted by molar-refractivity contribution is 7.92. The number of anilines is 2. The van der Waals surface area contributed by atoms with E-state index < -0.39 is 38.8 Å². The Balaban J connectivity index is 1.35. The van der Waals surface area contributed by atoms with Gasteiger partial charge in [-0.1, -0.05) is 0 Å². The SMILES string of the molecule is Cc1nc(NC2CC2)nc(N[C@@H]2C[C@H](CS(=O)(=O)C(C)(C)C)[C@@H](O)[C@H]2O)c1-c1nc2c(C3CC3)nccc2s1. The molecule has 10 nitrogen and oxygen atoms in total. The first-order chi connectivity index (χ1) is 18.4. The summed E-state index contributed by atoms with van der Waals surface area (Å²) in [5.74, 6) is 0.696. The minimum absolute atomic E-state index is 0.189. The molecule has 0 aliphatic heterocycles. The van der Waals surface area contributed by atoms with Crippen LogP contribution in [0.5, 0.6) is 0 Å². The van der Waals surface area contributed by atoms with Crippen molar-refractivity contribution >= 4 is 43.2 Å². The molecule has 3 fully saturated rings. The molecule has 0 saturated heterocycles. The Hall–Kier alpha value is -2.41. The van der Waals surface area contributed by atoms with Gasteiger partial charge in [-0.25, -0.2) is 18.4 Å². The summed E-state index contributed by atoms with van der Waals surface area (Å²) < 4.78 is 25.9. The minimum Gasteiger partial charge on any atom is -0.390 e. The van der Waals surface area contributed by atoms with Crippen molar-refractivity contribution in [3.05, 3.63) is 23.7 Å². The van der Waals surface area contributed by atoms with Crippen molar-refractivity contribution in [3.8, 4) is 10.6 Å². The standard InChI is InChI=1S/C27H36N6O4S2/c1-13-19(25-32-21-18(38-25)9-10-28-20(21)14-5-6-14)24(33-26(29-13)30-16-7-8-16)31-17-11-15(22(34)23(17)35)12-39(36,37)27(2,3)4/h9-10,14-17,22-23,34-35H,5-8,11-12H2,1-4H3,(H2,29,30,31,33)/t15-,17-,22-,23+/m1/s1. The van der Waals surface area contributed by atoms with Crippen LogP contribution < -0.4 is 10.6 Å². The maximum Gasteiger partial charge on any atom is 0.225 e. The van der Waals surface area contributed by atoms with Crippen LogP contribution in [0, 0.1) is 12.8 Å². The van der Waals surface area contributed by atoms with Gasteiger partial charge in [0.15, 0.2) is 9.84 Å². The van der Waals surface area contributed by atoms with E-state index in [0.717, 1.165) is 57.9 Å². The molecular weight excluding hydrogens is 536 g/mol. The summed E-state index contributed by atoms with van der Waals surface area (Å²) in [7, 11) is -3.47. The zero-order valence-corrected chi connectivity index (χ0v) is 24.3. The zero-order valence-electron chi connectivity index (χ0n) is 22.7. The van der Waals surface area contributed by atoms with Crippen LogP contribution in [-0.2, 0) is 9.84 Å². The number of fused-ring (bicyclic) bond motifs is 1. The molecule has 210 valence electrons. The number of rotatable bonds is 8. The van der Waals surface area contributed by atoms with Crippen LogP contribution >= 0.6 is 11.3 Å². The van der Waals surface area contributed by atoms with Gasteiger partial charge in [-0.15, -0.1) is 11.3 Å². The number of nitrogens with one attached hydrogen (secondary N) is 2. The maximum atomic E-state index is 12.9. The van der Waals surface area contributed by atoms with E-state index in [1.165, 1.54) is 0 Å². The summed E-state index contributed by atoms with van der Waals surface area (Å²) >= 11 is 1.56. The maximum absolute atomic E-state index is 12.9. The zero-order chi connectivity index (χ0) is 27.7. The molecule has 3 aliphatic rings. The predicted molar refractivity (Wildman–Crippen MR) is 153 cm³/mol. The van der Waals surface area contributed by atoms with Crippen molar-refractivity contribution in [2.75, 3.05) is 16.4 Å². The average Bonchev–Trinajstić information content (AvgIpc) is 3.78. The third-order valence-corrected chi connectivity index (χ3v) is 11.8. The van der Waals surface area contributed by atoms with Crippen LogP contribution in [0.4, 0.5) is 11.8 Å². The van der Waals surface area contributed by atoms with Crippen LogP contribution in [0.3, 0.4) is 0 Å². The van der Waals surface area contributed by atoms with Crippen LogP contribution in [0.25, 0.3) is 20.8 Å². The molecule has 3 heterocycles. The number of aromatic nitrogens is 4. The van der Waals surface area contributed by atoms with E-state index in [1.54, 1.807) is 32.1 Å². The van der Waals surface area contributed by atoms with Crippen molar-refractivity contribution in [1.82, 2.24) is 19.9 Å². The normalized spacial score (nSPS) is 25.8. The van der Waals surface area contributed by atoms with Gasteiger partial charge in [0.05, 0.1) is 44.3 Å². The second-order valence-electron chi connectivity index (χ2n) is 12.2. The molecule has 0 bridgehead atoms. The number of hydrogen-bond donors (Lipinski definition) is 4. The summed E-state index contributed by atoms with van der Waals surface area (Å²) in [5.41, 5.74) is 3.43. The number of aryl methyl sites for hydroxylation is 1. The number of thiazole rings is 1. The molecular formula is C27H36N6O4S2. The molecule has 6 rings (SSSR count). The van der Waals surface area contributed by atoms with Crippen LogP contribution in [-0.4, -0.2) is 73.4 Å². The van der Waals surface area contributed by atoms with Crippen LogP contribution in [0.2, 0.25) is 0 Å².